The fraction of sp³-hybridized carbons (Fsp3) is 0.357. The lowest BCUT2D eigenvalue weighted by molar-refractivity contribution is 0.607. The number of pyridine rings is 1. The Kier molecular flexibility index (Phi) is 2.47. The van der Waals surface area contributed by atoms with Crippen molar-refractivity contribution in [2.75, 3.05) is 12.4 Å². The summed E-state index contributed by atoms with van der Waals surface area (Å²) < 4.78 is 28.2. The maximum absolute atomic E-state index is 14.2. The maximum Gasteiger partial charge on any atom is 0.149 e. The van der Waals surface area contributed by atoms with E-state index in [1.165, 1.54) is 6.07 Å². The van der Waals surface area contributed by atoms with Crippen LogP contribution in [0.15, 0.2) is 6.07 Å². The fourth-order valence-corrected chi connectivity index (χ4v) is 2.76. The molecular weight excluding hydrogens is 234 g/mol. The zero-order chi connectivity index (χ0) is 12.9. The Bertz CT molecular complexity index is 650. The molecule has 1 aromatic heterocycles. The summed E-state index contributed by atoms with van der Waals surface area (Å²) in [5.41, 5.74) is 3.09. The summed E-state index contributed by atoms with van der Waals surface area (Å²) in [5, 5.41) is 3.31. The number of aryl methyl sites for hydroxylation is 2. The average molecular weight is 248 g/mol. The summed E-state index contributed by atoms with van der Waals surface area (Å²) in [5.74, 6) is -0.826. The van der Waals surface area contributed by atoms with Crippen LogP contribution >= 0.6 is 0 Å². The molecule has 1 aliphatic carbocycles. The molecule has 18 heavy (non-hydrogen) atoms. The van der Waals surface area contributed by atoms with Gasteiger partial charge in [0.15, 0.2) is 0 Å². The lowest BCUT2D eigenvalue weighted by Crippen LogP contribution is -2.03. The third kappa shape index (κ3) is 1.41. The standard InChI is InChI=1S/C14H14F2N2/c1-7-6-9(15)14-11(12(7)16)13(17-2)8-4-3-5-10(8)18-14/h6H,3-5H2,1-2H3,(H,17,18). The Balaban J connectivity index is 2.51. The average Bonchev–Trinajstić information content (AvgIpc) is 2.81. The number of hydrogen-bond acceptors (Lipinski definition) is 2. The zero-order valence-corrected chi connectivity index (χ0v) is 10.4. The SMILES string of the molecule is CNc1c2c(nc3c(F)cc(C)c(F)c13)CCC2. The minimum absolute atomic E-state index is 0.142. The molecule has 3 rings (SSSR count). The molecule has 0 amide bonds. The first-order valence-electron chi connectivity index (χ1n) is 6.11. The van der Waals surface area contributed by atoms with Crippen molar-refractivity contribution in [1.82, 2.24) is 4.98 Å². The predicted octanol–water partition coefficient (Wildman–Crippen LogP) is 3.35. The number of hydrogen-bond donors (Lipinski definition) is 1. The first kappa shape index (κ1) is 11.4. The summed E-state index contributed by atoms with van der Waals surface area (Å²) in [7, 11) is 1.74. The Hall–Kier alpha value is -1.71. The molecule has 0 spiro atoms. The van der Waals surface area contributed by atoms with Gasteiger partial charge in [-0.05, 0) is 43.4 Å². The van der Waals surface area contributed by atoms with E-state index in [1.54, 1.807) is 14.0 Å². The van der Waals surface area contributed by atoms with Gasteiger partial charge in [-0.1, -0.05) is 0 Å². The van der Waals surface area contributed by atoms with Gasteiger partial charge in [-0.2, -0.15) is 0 Å². The first-order valence-corrected chi connectivity index (χ1v) is 6.11. The fourth-order valence-electron chi connectivity index (χ4n) is 2.76. The van der Waals surface area contributed by atoms with Crippen LogP contribution in [-0.2, 0) is 12.8 Å². The third-order valence-electron chi connectivity index (χ3n) is 3.61. The summed E-state index contributed by atoms with van der Waals surface area (Å²) >= 11 is 0. The number of nitrogens with one attached hydrogen (secondary N) is 1. The largest absolute Gasteiger partial charge is 0.387 e. The van der Waals surface area contributed by atoms with E-state index in [2.05, 4.69) is 10.3 Å². The summed E-state index contributed by atoms with van der Waals surface area (Å²) in [6.07, 6.45) is 2.72. The topological polar surface area (TPSA) is 24.9 Å². The van der Waals surface area contributed by atoms with Gasteiger partial charge in [0.25, 0.3) is 0 Å². The molecule has 2 aromatic rings. The molecule has 2 nitrogen and oxygen atoms in total. The van der Waals surface area contributed by atoms with Gasteiger partial charge in [-0.25, -0.2) is 13.8 Å². The molecule has 0 bridgehead atoms. The molecule has 0 radical (unpaired) electrons. The molecule has 1 N–H and O–H groups in total. The van der Waals surface area contributed by atoms with Gasteiger partial charge in [-0.15, -0.1) is 0 Å². The smallest absolute Gasteiger partial charge is 0.149 e. The molecule has 4 heteroatoms. The van der Waals surface area contributed by atoms with Crippen LogP contribution < -0.4 is 5.32 Å². The molecule has 1 heterocycles. The molecular formula is C14H14F2N2. The second-order valence-corrected chi connectivity index (χ2v) is 4.73. The lowest BCUT2D eigenvalue weighted by atomic mass is 10.0. The molecule has 1 aromatic carbocycles. The molecule has 0 saturated heterocycles. The van der Waals surface area contributed by atoms with Crippen LogP contribution in [0.3, 0.4) is 0 Å². The first-order chi connectivity index (χ1) is 8.63. The highest BCUT2D eigenvalue weighted by Gasteiger charge is 2.23. The normalized spacial score (nSPS) is 14.0. The summed E-state index contributed by atoms with van der Waals surface area (Å²) in [6.45, 7) is 1.57. The van der Waals surface area contributed by atoms with E-state index in [1.807, 2.05) is 0 Å². The number of benzene rings is 1. The summed E-state index contributed by atoms with van der Waals surface area (Å²) in [4.78, 5) is 4.31. The second-order valence-electron chi connectivity index (χ2n) is 4.73. The number of halogens is 2. The molecule has 0 fully saturated rings. The van der Waals surface area contributed by atoms with Crippen molar-refractivity contribution in [3.05, 3.63) is 34.5 Å². The Labute approximate surface area is 104 Å². The van der Waals surface area contributed by atoms with Crippen molar-refractivity contribution in [3.8, 4) is 0 Å². The molecule has 0 atom stereocenters. The van der Waals surface area contributed by atoms with E-state index in [-0.39, 0.29) is 16.7 Å². The van der Waals surface area contributed by atoms with Gasteiger partial charge in [0.05, 0.1) is 11.1 Å². The number of nitrogens with zero attached hydrogens (tertiary/aromatic N) is 1. The van der Waals surface area contributed by atoms with Gasteiger partial charge in [0.2, 0.25) is 0 Å². The van der Waals surface area contributed by atoms with E-state index in [4.69, 9.17) is 0 Å². The van der Waals surface area contributed by atoms with Gasteiger partial charge >= 0.3 is 0 Å². The van der Waals surface area contributed by atoms with Crippen molar-refractivity contribution in [2.45, 2.75) is 26.2 Å². The van der Waals surface area contributed by atoms with Crippen LogP contribution in [0.1, 0.15) is 23.2 Å². The van der Waals surface area contributed by atoms with Crippen molar-refractivity contribution in [3.63, 3.8) is 0 Å². The molecule has 1 aliphatic rings. The van der Waals surface area contributed by atoms with E-state index in [0.29, 0.717) is 11.3 Å². The quantitative estimate of drug-likeness (QED) is 0.837. The molecule has 94 valence electrons. The van der Waals surface area contributed by atoms with Crippen LogP contribution in [0.25, 0.3) is 10.9 Å². The van der Waals surface area contributed by atoms with Crippen LogP contribution in [0.5, 0.6) is 0 Å². The zero-order valence-electron chi connectivity index (χ0n) is 10.4. The number of aromatic nitrogens is 1. The van der Waals surface area contributed by atoms with Gasteiger partial charge in [0, 0.05) is 12.7 Å². The summed E-state index contributed by atoms with van der Waals surface area (Å²) in [6, 6.07) is 1.21. The van der Waals surface area contributed by atoms with Crippen molar-refractivity contribution < 1.29 is 8.78 Å². The highest BCUT2D eigenvalue weighted by molar-refractivity contribution is 5.95. The Morgan fingerprint density at radius 2 is 2.06 bits per heavy atom. The minimum atomic E-state index is -0.449. The van der Waals surface area contributed by atoms with Crippen molar-refractivity contribution >= 4 is 16.6 Å². The highest BCUT2D eigenvalue weighted by Crippen LogP contribution is 2.36. The van der Waals surface area contributed by atoms with E-state index in [9.17, 15) is 8.78 Å². The van der Waals surface area contributed by atoms with Gasteiger partial charge in [0.1, 0.15) is 17.2 Å². The Morgan fingerprint density at radius 1 is 1.28 bits per heavy atom. The van der Waals surface area contributed by atoms with Crippen molar-refractivity contribution in [2.24, 2.45) is 0 Å². The van der Waals surface area contributed by atoms with E-state index in [0.717, 1.165) is 30.5 Å². The monoisotopic (exact) mass is 248 g/mol. The Morgan fingerprint density at radius 3 is 2.78 bits per heavy atom. The highest BCUT2D eigenvalue weighted by atomic mass is 19.1. The molecule has 0 saturated carbocycles. The second kappa shape index (κ2) is 3.90. The van der Waals surface area contributed by atoms with Gasteiger partial charge < -0.3 is 5.32 Å². The predicted molar refractivity (Wildman–Crippen MR) is 68.0 cm³/mol. The number of fused-ring (bicyclic) bond motifs is 2. The van der Waals surface area contributed by atoms with Crippen LogP contribution in [-0.4, -0.2) is 12.0 Å². The van der Waals surface area contributed by atoms with E-state index >= 15 is 0 Å². The van der Waals surface area contributed by atoms with E-state index < -0.39 is 5.82 Å². The third-order valence-corrected chi connectivity index (χ3v) is 3.61. The number of rotatable bonds is 1. The molecule has 0 aliphatic heterocycles. The van der Waals surface area contributed by atoms with Gasteiger partial charge in [-0.3, -0.25) is 0 Å². The maximum atomic E-state index is 14.2. The molecule has 0 unspecified atom stereocenters. The van der Waals surface area contributed by atoms with Crippen molar-refractivity contribution in [1.29, 1.82) is 0 Å². The van der Waals surface area contributed by atoms with Crippen LogP contribution in [0.4, 0.5) is 14.5 Å². The van der Waals surface area contributed by atoms with Crippen LogP contribution in [0.2, 0.25) is 0 Å². The minimum Gasteiger partial charge on any atom is -0.387 e. The van der Waals surface area contributed by atoms with Crippen LogP contribution in [0, 0.1) is 18.6 Å². The number of anilines is 1. The lowest BCUT2D eigenvalue weighted by Gasteiger charge is -2.14.